The lowest BCUT2D eigenvalue weighted by Crippen LogP contribution is -2.38. The molecule has 0 unspecified atom stereocenters. The van der Waals surface area contributed by atoms with E-state index < -0.39 is 16.8 Å². The lowest BCUT2D eigenvalue weighted by atomic mass is 10.2. The molecule has 1 aromatic carbocycles. The van der Waals surface area contributed by atoms with Crippen LogP contribution in [0.1, 0.15) is 10.5 Å². The number of aromatic nitrogens is 2. The standard InChI is InChI=1S/C16H13ClN6O4/c1-22(16(18)19)15(24)11-7-9-10(17)2-3-12(14(9)21-11)27-8-4-5-20-13(6-8)23(25)26/h2-7,21H,1H3,(H3,18,19). The van der Waals surface area contributed by atoms with E-state index in [0.29, 0.717) is 21.7 Å². The van der Waals surface area contributed by atoms with Gasteiger partial charge in [-0.2, -0.15) is 0 Å². The van der Waals surface area contributed by atoms with Crippen LogP contribution < -0.4 is 10.5 Å². The van der Waals surface area contributed by atoms with Crippen molar-refractivity contribution >= 4 is 40.2 Å². The number of H-pyrrole nitrogens is 1. The molecule has 0 fully saturated rings. The van der Waals surface area contributed by atoms with Crippen LogP contribution in [0.4, 0.5) is 5.82 Å². The first-order valence-corrected chi connectivity index (χ1v) is 7.87. The summed E-state index contributed by atoms with van der Waals surface area (Å²) in [5.74, 6) is -0.795. The Morgan fingerprint density at radius 2 is 2.15 bits per heavy atom. The zero-order valence-corrected chi connectivity index (χ0v) is 14.6. The molecule has 10 nitrogen and oxygen atoms in total. The Bertz CT molecular complexity index is 1080. The van der Waals surface area contributed by atoms with Crippen LogP contribution in [-0.2, 0) is 0 Å². The minimum absolute atomic E-state index is 0.154. The first-order valence-electron chi connectivity index (χ1n) is 7.49. The molecule has 3 aromatic rings. The molecule has 0 saturated heterocycles. The summed E-state index contributed by atoms with van der Waals surface area (Å²) in [7, 11) is 1.37. The molecule has 0 spiro atoms. The summed E-state index contributed by atoms with van der Waals surface area (Å²) in [6.45, 7) is 0. The fourth-order valence-electron chi connectivity index (χ4n) is 2.34. The van der Waals surface area contributed by atoms with Crippen molar-refractivity contribution in [3.05, 3.63) is 57.4 Å². The van der Waals surface area contributed by atoms with Gasteiger partial charge in [0, 0.05) is 18.5 Å². The Kier molecular flexibility index (Phi) is 4.65. The fraction of sp³-hybridized carbons (Fsp3) is 0.0625. The number of guanidine groups is 1. The number of ether oxygens (including phenoxy) is 1. The summed E-state index contributed by atoms with van der Waals surface area (Å²) in [5, 5.41) is 19.1. The molecule has 4 N–H and O–H groups in total. The van der Waals surface area contributed by atoms with Crippen LogP contribution >= 0.6 is 11.6 Å². The third-order valence-electron chi connectivity index (χ3n) is 3.73. The summed E-state index contributed by atoms with van der Waals surface area (Å²) >= 11 is 6.19. The molecule has 0 aliphatic rings. The largest absolute Gasteiger partial charge is 0.455 e. The minimum Gasteiger partial charge on any atom is -0.455 e. The van der Waals surface area contributed by atoms with Gasteiger partial charge in [-0.25, -0.2) is 0 Å². The minimum atomic E-state index is -0.632. The maximum atomic E-state index is 12.4. The molecule has 0 aliphatic heterocycles. The molecule has 27 heavy (non-hydrogen) atoms. The quantitative estimate of drug-likeness (QED) is 0.270. The summed E-state index contributed by atoms with van der Waals surface area (Å²) in [6.07, 6.45) is 1.26. The molecular weight excluding hydrogens is 376 g/mol. The Balaban J connectivity index is 2.03. The molecule has 11 heteroatoms. The van der Waals surface area contributed by atoms with Crippen LogP contribution in [0.2, 0.25) is 5.02 Å². The smallest absolute Gasteiger partial charge is 0.367 e. The van der Waals surface area contributed by atoms with Gasteiger partial charge >= 0.3 is 5.82 Å². The number of nitrogens with zero attached hydrogens (tertiary/aromatic N) is 3. The number of carbonyl (C=O) groups excluding carboxylic acids is 1. The number of benzene rings is 1. The topological polar surface area (TPSA) is 151 Å². The van der Waals surface area contributed by atoms with E-state index in [1.807, 2.05) is 0 Å². The van der Waals surface area contributed by atoms with Gasteiger partial charge in [-0.3, -0.25) is 15.1 Å². The summed E-state index contributed by atoms with van der Waals surface area (Å²) < 4.78 is 5.71. The van der Waals surface area contributed by atoms with Crippen molar-refractivity contribution in [2.45, 2.75) is 0 Å². The van der Waals surface area contributed by atoms with Gasteiger partial charge in [0.25, 0.3) is 5.91 Å². The van der Waals surface area contributed by atoms with Crippen molar-refractivity contribution in [2.75, 3.05) is 7.05 Å². The predicted octanol–water partition coefficient (Wildman–Crippen LogP) is 2.88. The van der Waals surface area contributed by atoms with Crippen molar-refractivity contribution in [3.8, 4) is 11.5 Å². The van der Waals surface area contributed by atoms with Crippen molar-refractivity contribution in [2.24, 2.45) is 5.73 Å². The molecule has 2 aromatic heterocycles. The molecule has 2 heterocycles. The van der Waals surface area contributed by atoms with Gasteiger partial charge in [0.15, 0.2) is 11.7 Å². The SMILES string of the molecule is CN(C(=N)N)C(=O)c1cc2c(Cl)ccc(Oc3ccnc([N+](=O)[O-])c3)c2[nH]1. The highest BCUT2D eigenvalue weighted by molar-refractivity contribution is 6.35. The zero-order valence-electron chi connectivity index (χ0n) is 13.9. The van der Waals surface area contributed by atoms with Crippen LogP contribution in [0.25, 0.3) is 10.9 Å². The first kappa shape index (κ1) is 18.1. The van der Waals surface area contributed by atoms with E-state index in [0.717, 1.165) is 4.90 Å². The van der Waals surface area contributed by atoms with Gasteiger partial charge in [0.1, 0.15) is 17.6 Å². The maximum absolute atomic E-state index is 12.4. The molecule has 3 rings (SSSR count). The first-order chi connectivity index (χ1) is 12.8. The number of fused-ring (bicyclic) bond motifs is 1. The monoisotopic (exact) mass is 388 g/mol. The number of hydrogen-bond acceptors (Lipinski definition) is 6. The van der Waals surface area contributed by atoms with E-state index in [-0.39, 0.29) is 17.3 Å². The number of carbonyl (C=O) groups is 1. The Labute approximate surface area is 157 Å². The van der Waals surface area contributed by atoms with Crippen molar-refractivity contribution in [3.63, 3.8) is 0 Å². The maximum Gasteiger partial charge on any atom is 0.367 e. The van der Waals surface area contributed by atoms with E-state index in [2.05, 4.69) is 9.97 Å². The number of aromatic amines is 1. The number of amides is 1. The number of nitrogens with two attached hydrogens (primary N) is 1. The average molecular weight is 389 g/mol. The van der Waals surface area contributed by atoms with Crippen LogP contribution in [0, 0.1) is 15.5 Å². The Morgan fingerprint density at radius 1 is 1.41 bits per heavy atom. The van der Waals surface area contributed by atoms with Crippen molar-refractivity contribution < 1.29 is 14.5 Å². The average Bonchev–Trinajstić information content (AvgIpc) is 3.09. The van der Waals surface area contributed by atoms with Crippen LogP contribution in [0.3, 0.4) is 0 Å². The van der Waals surface area contributed by atoms with E-state index in [1.165, 1.54) is 31.4 Å². The Hall–Kier alpha value is -3.66. The number of nitro groups is 1. The molecule has 0 atom stereocenters. The lowest BCUT2D eigenvalue weighted by Gasteiger charge is -2.12. The van der Waals surface area contributed by atoms with E-state index in [4.69, 9.17) is 27.5 Å². The van der Waals surface area contributed by atoms with Gasteiger partial charge in [-0.05, 0) is 28.1 Å². The fourth-order valence-corrected chi connectivity index (χ4v) is 2.55. The third kappa shape index (κ3) is 3.51. The van der Waals surface area contributed by atoms with E-state index in [1.54, 1.807) is 12.1 Å². The van der Waals surface area contributed by atoms with Gasteiger partial charge in [0.2, 0.25) is 0 Å². The summed E-state index contributed by atoms with van der Waals surface area (Å²) in [6, 6.07) is 7.30. The van der Waals surface area contributed by atoms with Crippen LogP contribution in [0.15, 0.2) is 36.5 Å². The number of pyridine rings is 1. The van der Waals surface area contributed by atoms with Crippen molar-refractivity contribution in [1.29, 1.82) is 5.41 Å². The highest BCUT2D eigenvalue weighted by atomic mass is 35.5. The van der Waals surface area contributed by atoms with Gasteiger partial charge in [-0.1, -0.05) is 11.6 Å². The number of hydrogen-bond donors (Lipinski definition) is 3. The third-order valence-corrected chi connectivity index (χ3v) is 4.06. The molecule has 138 valence electrons. The summed E-state index contributed by atoms with van der Waals surface area (Å²) in [5.41, 5.74) is 5.90. The predicted molar refractivity (Wildman–Crippen MR) is 98.3 cm³/mol. The van der Waals surface area contributed by atoms with Gasteiger partial charge in [-0.15, -0.1) is 0 Å². The molecule has 0 aliphatic carbocycles. The highest BCUT2D eigenvalue weighted by Crippen LogP contribution is 2.35. The molecule has 0 bridgehead atoms. The molecule has 0 saturated carbocycles. The van der Waals surface area contributed by atoms with E-state index in [9.17, 15) is 14.9 Å². The van der Waals surface area contributed by atoms with Crippen LogP contribution in [-0.4, -0.2) is 38.7 Å². The molecular formula is C16H13ClN6O4. The number of nitrogens with one attached hydrogen (secondary N) is 2. The summed E-state index contributed by atoms with van der Waals surface area (Å²) in [4.78, 5) is 30.1. The second kappa shape index (κ2) is 6.92. The second-order valence-corrected chi connectivity index (χ2v) is 5.88. The Morgan fingerprint density at radius 3 is 2.81 bits per heavy atom. The zero-order chi connectivity index (χ0) is 19.7. The lowest BCUT2D eigenvalue weighted by molar-refractivity contribution is -0.389. The van der Waals surface area contributed by atoms with Gasteiger partial charge < -0.3 is 25.6 Å². The van der Waals surface area contributed by atoms with E-state index >= 15 is 0 Å². The highest BCUT2D eigenvalue weighted by Gasteiger charge is 2.19. The molecule has 1 amide bonds. The number of rotatable bonds is 4. The van der Waals surface area contributed by atoms with Crippen LogP contribution in [0.5, 0.6) is 11.5 Å². The normalized spacial score (nSPS) is 10.6. The second-order valence-electron chi connectivity index (χ2n) is 5.48. The number of halogens is 1. The van der Waals surface area contributed by atoms with Crippen molar-refractivity contribution in [1.82, 2.24) is 14.9 Å². The van der Waals surface area contributed by atoms with Gasteiger partial charge in [0.05, 0.1) is 16.6 Å². The molecule has 0 radical (unpaired) electrons.